The zero-order chi connectivity index (χ0) is 29.0. The van der Waals surface area contributed by atoms with E-state index in [9.17, 15) is 14.4 Å². The number of alkyl carbamates (subject to hydrolysis) is 1. The summed E-state index contributed by atoms with van der Waals surface area (Å²) in [6.07, 6.45) is 5.09. The molecule has 0 spiro atoms. The van der Waals surface area contributed by atoms with Crippen LogP contribution in [-0.2, 0) is 33.8 Å². The number of imidazole rings is 1. The number of aromatic nitrogens is 3. The molecule has 2 atom stereocenters. The number of hydrogen-bond acceptors (Lipinski definition) is 6. The number of H-pyrrole nitrogens is 1. The molecular weight excluding hydrogens is 520 g/mol. The highest BCUT2D eigenvalue weighted by molar-refractivity contribution is 5.92. The van der Waals surface area contributed by atoms with E-state index in [0.29, 0.717) is 18.0 Å². The van der Waals surface area contributed by atoms with E-state index in [-0.39, 0.29) is 25.4 Å². The van der Waals surface area contributed by atoms with E-state index >= 15 is 0 Å². The fourth-order valence-electron chi connectivity index (χ4n) is 4.26. The minimum absolute atomic E-state index is 0.0483. The molecule has 4 rings (SSSR count). The van der Waals surface area contributed by atoms with E-state index in [0.717, 1.165) is 22.0 Å². The van der Waals surface area contributed by atoms with Crippen LogP contribution in [0.25, 0.3) is 10.9 Å². The minimum Gasteiger partial charge on any atom is -0.445 e. The first-order valence-electron chi connectivity index (χ1n) is 13.6. The number of aromatic amines is 1. The summed E-state index contributed by atoms with van der Waals surface area (Å²) in [6.45, 7) is 5.82. The molecule has 1 radical (unpaired) electrons. The van der Waals surface area contributed by atoms with E-state index in [1.54, 1.807) is 18.9 Å². The summed E-state index contributed by atoms with van der Waals surface area (Å²) in [6, 6.07) is 16.7. The average molecular weight is 556 g/mol. The Kier molecular flexibility index (Phi) is 10.4. The van der Waals surface area contributed by atoms with Crippen LogP contribution in [0.15, 0.2) is 79.4 Å². The van der Waals surface area contributed by atoms with E-state index in [1.807, 2.05) is 74.5 Å². The Labute approximate surface area is 239 Å². The second kappa shape index (κ2) is 14.6. The lowest BCUT2D eigenvalue weighted by Crippen LogP contribution is -2.55. The number of carbonyl (C=O) groups is 3. The molecule has 1 unspecified atom stereocenters. The van der Waals surface area contributed by atoms with Gasteiger partial charge in [-0.3, -0.25) is 14.6 Å². The number of hydrogen-bond donors (Lipinski definition) is 4. The quantitative estimate of drug-likeness (QED) is 0.198. The Morgan fingerprint density at radius 2 is 1.68 bits per heavy atom. The van der Waals surface area contributed by atoms with Crippen molar-refractivity contribution in [3.05, 3.63) is 103 Å². The average Bonchev–Trinajstić information content (AvgIpc) is 3.49. The van der Waals surface area contributed by atoms with Gasteiger partial charge < -0.3 is 25.7 Å². The summed E-state index contributed by atoms with van der Waals surface area (Å²) in [5.74, 6) is -0.548. The van der Waals surface area contributed by atoms with Gasteiger partial charge in [-0.25, -0.2) is 9.78 Å². The number of amides is 3. The van der Waals surface area contributed by atoms with Crippen molar-refractivity contribution in [2.24, 2.45) is 5.92 Å². The number of rotatable bonds is 13. The van der Waals surface area contributed by atoms with Crippen LogP contribution in [0, 0.1) is 12.5 Å². The number of pyridine rings is 1. The lowest BCUT2D eigenvalue weighted by atomic mass is 10.0. The van der Waals surface area contributed by atoms with Gasteiger partial charge in [-0.2, -0.15) is 0 Å². The lowest BCUT2D eigenvalue weighted by Gasteiger charge is -2.23. The molecule has 4 aromatic rings. The molecule has 0 saturated heterocycles. The van der Waals surface area contributed by atoms with Crippen LogP contribution in [-0.4, -0.2) is 44.9 Å². The van der Waals surface area contributed by atoms with Gasteiger partial charge in [-0.1, -0.05) is 68.4 Å². The minimum atomic E-state index is -1.04. The molecular formula is C31H35N6O4. The van der Waals surface area contributed by atoms with Gasteiger partial charge >= 0.3 is 6.09 Å². The van der Waals surface area contributed by atoms with Crippen LogP contribution < -0.4 is 16.0 Å². The maximum atomic E-state index is 13.7. The van der Waals surface area contributed by atoms with Crippen molar-refractivity contribution >= 4 is 28.8 Å². The van der Waals surface area contributed by atoms with Crippen LogP contribution in [0.1, 0.15) is 37.1 Å². The number of fused-ring (bicyclic) bond motifs is 1. The number of nitrogens with zero attached hydrogens (tertiary/aromatic N) is 2. The Hall–Kier alpha value is -4.73. The molecule has 2 aromatic carbocycles. The Morgan fingerprint density at radius 1 is 0.902 bits per heavy atom. The van der Waals surface area contributed by atoms with Gasteiger partial charge in [0, 0.05) is 37.2 Å². The molecule has 4 N–H and O–H groups in total. The van der Waals surface area contributed by atoms with E-state index in [4.69, 9.17) is 4.74 Å². The smallest absolute Gasteiger partial charge is 0.408 e. The second-order valence-electron chi connectivity index (χ2n) is 10.1. The van der Waals surface area contributed by atoms with Gasteiger partial charge in [0.15, 0.2) is 0 Å². The summed E-state index contributed by atoms with van der Waals surface area (Å²) in [4.78, 5) is 51.2. The maximum absolute atomic E-state index is 13.7. The zero-order valence-corrected chi connectivity index (χ0v) is 23.2. The molecule has 213 valence electrons. The summed E-state index contributed by atoms with van der Waals surface area (Å²) >= 11 is 0. The van der Waals surface area contributed by atoms with Crippen LogP contribution >= 0.6 is 0 Å². The van der Waals surface area contributed by atoms with Crippen LogP contribution in [0.5, 0.6) is 0 Å². The monoisotopic (exact) mass is 555 g/mol. The highest BCUT2D eigenvalue weighted by Crippen LogP contribution is 2.18. The predicted octanol–water partition coefficient (Wildman–Crippen LogP) is 3.85. The van der Waals surface area contributed by atoms with Crippen molar-refractivity contribution < 1.29 is 19.1 Å². The van der Waals surface area contributed by atoms with Crippen molar-refractivity contribution in [1.82, 2.24) is 30.9 Å². The Morgan fingerprint density at radius 3 is 2.44 bits per heavy atom. The summed E-state index contributed by atoms with van der Waals surface area (Å²) in [7, 11) is 0. The fraction of sp³-hybridized carbons (Fsp3) is 0.290. The third-order valence-corrected chi connectivity index (χ3v) is 6.40. The van der Waals surface area contributed by atoms with Crippen molar-refractivity contribution in [2.45, 2.75) is 51.8 Å². The molecule has 0 aliphatic carbocycles. The highest BCUT2D eigenvalue weighted by Gasteiger charge is 2.28. The third kappa shape index (κ3) is 8.89. The van der Waals surface area contributed by atoms with Crippen molar-refractivity contribution in [3.63, 3.8) is 0 Å². The molecule has 10 heteroatoms. The lowest BCUT2D eigenvalue weighted by molar-refractivity contribution is -0.129. The summed E-state index contributed by atoms with van der Waals surface area (Å²) in [5, 5.41) is 9.22. The number of benzene rings is 2. The van der Waals surface area contributed by atoms with E-state index in [2.05, 4.69) is 30.9 Å². The number of ether oxygens (including phenoxy) is 1. The molecule has 41 heavy (non-hydrogen) atoms. The normalized spacial score (nSPS) is 12.5. The molecule has 2 aromatic heterocycles. The van der Waals surface area contributed by atoms with Gasteiger partial charge in [0.25, 0.3) is 0 Å². The highest BCUT2D eigenvalue weighted by atomic mass is 16.5. The molecule has 10 nitrogen and oxygen atoms in total. The summed E-state index contributed by atoms with van der Waals surface area (Å²) in [5.41, 5.74) is 2.92. The van der Waals surface area contributed by atoms with Crippen LogP contribution in [0.3, 0.4) is 0 Å². The van der Waals surface area contributed by atoms with E-state index < -0.39 is 24.1 Å². The maximum Gasteiger partial charge on any atom is 0.408 e. The summed E-state index contributed by atoms with van der Waals surface area (Å²) < 4.78 is 5.40. The third-order valence-electron chi connectivity index (χ3n) is 6.40. The molecule has 0 aliphatic heterocycles. The molecule has 0 fully saturated rings. The second-order valence-corrected chi connectivity index (χ2v) is 10.1. The first-order valence-corrected chi connectivity index (χ1v) is 13.6. The van der Waals surface area contributed by atoms with Gasteiger partial charge in [-0.05, 0) is 29.5 Å². The van der Waals surface area contributed by atoms with Crippen molar-refractivity contribution in [3.8, 4) is 0 Å². The number of carbonyl (C=O) groups excluding carboxylic acids is 3. The number of para-hydroxylation sites is 1. The Balaban J connectivity index is 1.53. The van der Waals surface area contributed by atoms with Crippen molar-refractivity contribution in [1.29, 1.82) is 0 Å². The topological polar surface area (TPSA) is 138 Å². The van der Waals surface area contributed by atoms with E-state index in [1.165, 1.54) is 6.33 Å². The Bertz CT molecular complexity index is 1420. The van der Waals surface area contributed by atoms with Gasteiger partial charge in [0.05, 0.1) is 17.5 Å². The van der Waals surface area contributed by atoms with Gasteiger partial charge in [0.2, 0.25) is 11.8 Å². The molecule has 2 heterocycles. The van der Waals surface area contributed by atoms with Gasteiger partial charge in [-0.15, -0.1) is 0 Å². The fourth-order valence-corrected chi connectivity index (χ4v) is 4.26. The standard InChI is InChI=1S/C31H35N6O4/c1-21(2)13-15-34-29(38)27(17-25-18-32-20-35-25)36-30(39)26(37-31(40)41-19-22-8-4-3-5-9-22)16-24-11-6-10-23-12-7-14-33-28(23)24/h3-12,14-15,18,20-21,26-27H,13,16-17,19H2,1-2H3,(H,32,35)(H,34,38)(H,36,39)(H,37,40)/t26-,27?/m1/s1. The SMILES string of the molecule is CC(C)C[CH]NC(=O)C(Cc1c[nH]cn1)NC(=O)[C@@H](Cc1cccc2cccnc12)NC(=O)OCc1ccccc1. The molecule has 0 bridgehead atoms. The zero-order valence-electron chi connectivity index (χ0n) is 23.2. The largest absolute Gasteiger partial charge is 0.445 e. The van der Waals surface area contributed by atoms with Crippen LogP contribution in [0.4, 0.5) is 4.79 Å². The van der Waals surface area contributed by atoms with Crippen LogP contribution in [0.2, 0.25) is 0 Å². The molecule has 3 amide bonds. The predicted molar refractivity (Wildman–Crippen MR) is 155 cm³/mol. The number of nitrogens with one attached hydrogen (secondary N) is 4. The molecule has 0 saturated carbocycles. The first kappa shape index (κ1) is 29.3. The van der Waals surface area contributed by atoms with Gasteiger partial charge in [0.1, 0.15) is 18.7 Å². The molecule has 0 aliphatic rings. The first-order chi connectivity index (χ1) is 19.9. The van der Waals surface area contributed by atoms with Crippen molar-refractivity contribution in [2.75, 3.05) is 0 Å².